The highest BCUT2D eigenvalue weighted by Crippen LogP contribution is 2.29. The molecule has 1 amide bonds. The van der Waals surface area contributed by atoms with Gasteiger partial charge in [-0.3, -0.25) is 4.79 Å². The smallest absolute Gasteiger partial charge is 0.240 e. The maximum absolute atomic E-state index is 12.1. The minimum atomic E-state index is -0.871. The van der Waals surface area contributed by atoms with Crippen LogP contribution in [-0.4, -0.2) is 11.9 Å². The van der Waals surface area contributed by atoms with Crippen molar-refractivity contribution in [2.24, 2.45) is 17.3 Å². The third kappa shape index (κ3) is 3.46. The van der Waals surface area contributed by atoms with Crippen molar-refractivity contribution in [2.45, 2.75) is 59.4 Å². The molecule has 3 nitrogen and oxygen atoms in total. The van der Waals surface area contributed by atoms with Gasteiger partial charge in [0.15, 0.2) is 0 Å². The highest BCUT2D eigenvalue weighted by atomic mass is 16.2. The summed E-state index contributed by atoms with van der Waals surface area (Å²) < 4.78 is 0. The van der Waals surface area contributed by atoms with Gasteiger partial charge in [0.1, 0.15) is 5.41 Å². The van der Waals surface area contributed by atoms with E-state index < -0.39 is 5.41 Å². The summed E-state index contributed by atoms with van der Waals surface area (Å²) in [7, 11) is 0. The summed E-state index contributed by atoms with van der Waals surface area (Å²) in [5.74, 6) is 1.23. The topological polar surface area (TPSA) is 52.9 Å². The molecule has 0 bridgehead atoms. The van der Waals surface area contributed by atoms with Crippen LogP contribution in [0, 0.1) is 28.6 Å². The molecule has 0 spiro atoms. The normalized spacial score (nSPS) is 32.3. The summed E-state index contributed by atoms with van der Waals surface area (Å²) >= 11 is 0. The van der Waals surface area contributed by atoms with Crippen molar-refractivity contribution in [2.75, 3.05) is 0 Å². The molecule has 1 aliphatic rings. The molecule has 0 aromatic carbocycles. The Hall–Kier alpha value is -1.04. The predicted molar refractivity (Wildman–Crippen MR) is 68.1 cm³/mol. The van der Waals surface area contributed by atoms with E-state index in [1.54, 1.807) is 6.92 Å². The third-order valence-corrected chi connectivity index (χ3v) is 3.97. The molecular formula is C14H24N2O. The predicted octanol–water partition coefficient (Wildman–Crippen LogP) is 2.87. The molecule has 0 aliphatic heterocycles. The zero-order valence-corrected chi connectivity index (χ0v) is 11.4. The van der Waals surface area contributed by atoms with Crippen LogP contribution in [0.5, 0.6) is 0 Å². The molecule has 1 saturated carbocycles. The van der Waals surface area contributed by atoms with Crippen molar-refractivity contribution in [3.63, 3.8) is 0 Å². The lowest BCUT2D eigenvalue weighted by molar-refractivity contribution is -0.128. The second kappa shape index (κ2) is 5.53. The average Bonchev–Trinajstić information content (AvgIpc) is 2.26. The molecule has 1 aliphatic carbocycles. The van der Waals surface area contributed by atoms with E-state index >= 15 is 0 Å². The Morgan fingerprint density at radius 2 is 1.88 bits per heavy atom. The largest absolute Gasteiger partial charge is 0.352 e. The van der Waals surface area contributed by atoms with E-state index in [0.29, 0.717) is 18.3 Å². The average molecular weight is 236 g/mol. The quantitative estimate of drug-likeness (QED) is 0.819. The van der Waals surface area contributed by atoms with Crippen LogP contribution in [0.2, 0.25) is 0 Å². The number of nitrogens with zero attached hydrogens (tertiary/aromatic N) is 1. The first kappa shape index (κ1) is 14.0. The molecule has 17 heavy (non-hydrogen) atoms. The van der Waals surface area contributed by atoms with Crippen molar-refractivity contribution in [3.8, 4) is 6.07 Å². The van der Waals surface area contributed by atoms with Crippen molar-refractivity contribution >= 4 is 5.91 Å². The van der Waals surface area contributed by atoms with E-state index in [1.165, 1.54) is 6.42 Å². The van der Waals surface area contributed by atoms with Gasteiger partial charge in [-0.05, 0) is 44.4 Å². The molecule has 0 heterocycles. The first-order valence-electron chi connectivity index (χ1n) is 6.63. The highest BCUT2D eigenvalue weighted by Gasteiger charge is 2.34. The molecule has 3 unspecified atom stereocenters. The minimum Gasteiger partial charge on any atom is -0.352 e. The number of nitriles is 1. The lowest BCUT2D eigenvalue weighted by Crippen LogP contribution is -2.46. The Bertz CT molecular complexity index is 311. The summed E-state index contributed by atoms with van der Waals surface area (Å²) in [5, 5.41) is 12.1. The number of carbonyl (C=O) groups excluding carboxylic acids is 1. The fraction of sp³-hybridized carbons (Fsp3) is 0.857. The van der Waals surface area contributed by atoms with Crippen LogP contribution < -0.4 is 5.32 Å². The first-order chi connectivity index (χ1) is 7.91. The van der Waals surface area contributed by atoms with E-state index in [2.05, 4.69) is 25.2 Å². The van der Waals surface area contributed by atoms with Gasteiger partial charge in [0, 0.05) is 6.04 Å². The van der Waals surface area contributed by atoms with Gasteiger partial charge < -0.3 is 5.32 Å². The Balaban J connectivity index is 2.60. The summed E-state index contributed by atoms with van der Waals surface area (Å²) in [4.78, 5) is 12.1. The van der Waals surface area contributed by atoms with Crippen LogP contribution in [0.15, 0.2) is 0 Å². The van der Waals surface area contributed by atoms with Crippen molar-refractivity contribution < 1.29 is 4.79 Å². The van der Waals surface area contributed by atoms with Crippen molar-refractivity contribution in [1.82, 2.24) is 5.32 Å². The maximum atomic E-state index is 12.1. The summed E-state index contributed by atoms with van der Waals surface area (Å²) in [6.45, 7) is 8.07. The van der Waals surface area contributed by atoms with Crippen LogP contribution in [0.4, 0.5) is 0 Å². The molecular weight excluding hydrogens is 212 g/mol. The Kier molecular flexibility index (Phi) is 4.56. The Labute approximate surface area is 105 Å². The van der Waals surface area contributed by atoms with Gasteiger partial charge >= 0.3 is 0 Å². The Morgan fingerprint density at radius 1 is 1.35 bits per heavy atom. The van der Waals surface area contributed by atoms with Crippen LogP contribution in [0.3, 0.4) is 0 Å². The summed E-state index contributed by atoms with van der Waals surface area (Å²) in [6, 6.07) is 2.38. The number of hydrogen-bond donors (Lipinski definition) is 1. The summed E-state index contributed by atoms with van der Waals surface area (Å²) in [6.07, 6.45) is 3.89. The zero-order valence-electron chi connectivity index (χ0n) is 11.4. The third-order valence-electron chi connectivity index (χ3n) is 3.97. The lowest BCUT2D eigenvalue weighted by atomic mass is 9.79. The van der Waals surface area contributed by atoms with Gasteiger partial charge in [-0.25, -0.2) is 0 Å². The number of carbonyl (C=O) groups is 1. The second-order valence-corrected chi connectivity index (χ2v) is 5.89. The van der Waals surface area contributed by atoms with E-state index in [-0.39, 0.29) is 11.9 Å². The van der Waals surface area contributed by atoms with Gasteiger partial charge in [-0.2, -0.15) is 5.26 Å². The fourth-order valence-corrected chi connectivity index (χ4v) is 2.70. The van der Waals surface area contributed by atoms with Crippen LogP contribution in [0.1, 0.15) is 53.4 Å². The second-order valence-electron chi connectivity index (χ2n) is 5.89. The molecule has 96 valence electrons. The van der Waals surface area contributed by atoms with E-state index in [1.807, 2.05) is 6.92 Å². The minimum absolute atomic E-state index is 0.103. The van der Waals surface area contributed by atoms with Gasteiger partial charge in [0.2, 0.25) is 5.91 Å². The van der Waals surface area contributed by atoms with Gasteiger partial charge in [0.25, 0.3) is 0 Å². The summed E-state index contributed by atoms with van der Waals surface area (Å²) in [5.41, 5.74) is -0.871. The number of amides is 1. The first-order valence-corrected chi connectivity index (χ1v) is 6.63. The molecule has 3 atom stereocenters. The van der Waals surface area contributed by atoms with Crippen molar-refractivity contribution in [1.29, 1.82) is 5.26 Å². The van der Waals surface area contributed by atoms with E-state index in [9.17, 15) is 4.79 Å². The highest BCUT2D eigenvalue weighted by molar-refractivity contribution is 5.85. The van der Waals surface area contributed by atoms with Crippen LogP contribution in [0.25, 0.3) is 0 Å². The van der Waals surface area contributed by atoms with E-state index in [4.69, 9.17) is 5.26 Å². The molecule has 0 aromatic rings. The Morgan fingerprint density at radius 3 is 2.29 bits per heavy atom. The monoisotopic (exact) mass is 236 g/mol. The SMILES string of the molecule is CCC(C)(C#N)C(=O)NC1CC(C)CC(C)C1. The van der Waals surface area contributed by atoms with Gasteiger partial charge in [0.05, 0.1) is 6.07 Å². The standard InChI is InChI=1S/C14H24N2O/c1-5-14(4,9-15)13(17)16-12-7-10(2)6-11(3)8-12/h10-12H,5-8H2,1-4H3,(H,16,17). The number of nitrogens with one attached hydrogen (secondary N) is 1. The molecule has 0 saturated heterocycles. The molecule has 1 fully saturated rings. The van der Waals surface area contributed by atoms with Crippen molar-refractivity contribution in [3.05, 3.63) is 0 Å². The van der Waals surface area contributed by atoms with Crippen LogP contribution in [-0.2, 0) is 4.79 Å². The van der Waals surface area contributed by atoms with E-state index in [0.717, 1.165) is 12.8 Å². The number of hydrogen-bond acceptors (Lipinski definition) is 2. The zero-order chi connectivity index (χ0) is 13.1. The number of rotatable bonds is 3. The van der Waals surface area contributed by atoms with Gasteiger partial charge in [-0.1, -0.05) is 20.8 Å². The molecule has 0 radical (unpaired) electrons. The fourth-order valence-electron chi connectivity index (χ4n) is 2.70. The lowest BCUT2D eigenvalue weighted by Gasteiger charge is -2.33. The maximum Gasteiger partial charge on any atom is 0.240 e. The van der Waals surface area contributed by atoms with Gasteiger partial charge in [-0.15, -0.1) is 0 Å². The van der Waals surface area contributed by atoms with Crippen LogP contribution >= 0.6 is 0 Å². The molecule has 1 N–H and O–H groups in total. The molecule has 0 aromatic heterocycles. The molecule has 3 heteroatoms. The molecule has 1 rings (SSSR count).